The Morgan fingerprint density at radius 2 is 1.91 bits per heavy atom. The fourth-order valence-corrected chi connectivity index (χ4v) is 2.17. The number of fused-ring (bicyclic) bond motifs is 1. The molecule has 0 amide bonds. The highest BCUT2D eigenvalue weighted by atomic mass is 16.3. The van der Waals surface area contributed by atoms with Crippen LogP contribution in [0.5, 0.6) is 5.75 Å². The van der Waals surface area contributed by atoms with E-state index in [1.807, 2.05) is 0 Å². The third-order valence-corrected chi connectivity index (χ3v) is 3.32. The Kier molecular flexibility index (Phi) is 3.65. The minimum atomic E-state index is -0.179. The lowest BCUT2D eigenvalue weighted by Crippen LogP contribution is -2.12. The summed E-state index contributed by atoms with van der Waals surface area (Å²) in [6.07, 6.45) is 0. The summed E-state index contributed by atoms with van der Waals surface area (Å²) in [6.45, 7) is 8.49. The van der Waals surface area contributed by atoms with Crippen molar-refractivity contribution >= 4 is 28.1 Å². The Hall–Kier alpha value is -3.39. The Morgan fingerprint density at radius 1 is 1.17 bits per heavy atom. The predicted octanol–water partition coefficient (Wildman–Crippen LogP) is 4.12. The largest absolute Gasteiger partial charge is 0.508 e. The molecule has 2 aromatic carbocycles. The summed E-state index contributed by atoms with van der Waals surface area (Å²) in [4.78, 5) is 19.6. The van der Waals surface area contributed by atoms with Gasteiger partial charge < -0.3 is 9.52 Å². The Balaban J connectivity index is 2.26. The predicted molar refractivity (Wildman–Crippen MR) is 85.8 cm³/mol. The van der Waals surface area contributed by atoms with Gasteiger partial charge in [0.25, 0.3) is 0 Å². The van der Waals surface area contributed by atoms with E-state index < -0.39 is 0 Å². The van der Waals surface area contributed by atoms with E-state index in [9.17, 15) is 9.90 Å². The fourth-order valence-electron chi connectivity index (χ4n) is 2.17. The molecule has 0 unspecified atom stereocenters. The van der Waals surface area contributed by atoms with Crippen molar-refractivity contribution in [1.29, 1.82) is 0 Å². The maximum atomic E-state index is 11.9. The van der Waals surface area contributed by atoms with Crippen molar-refractivity contribution in [1.82, 2.24) is 0 Å². The van der Waals surface area contributed by atoms with Crippen LogP contribution in [-0.4, -0.2) is 10.9 Å². The molecule has 23 heavy (non-hydrogen) atoms. The van der Waals surface area contributed by atoms with Crippen LogP contribution in [-0.2, 0) is 0 Å². The highest BCUT2D eigenvalue weighted by Gasteiger charge is 2.09. The Bertz CT molecular complexity index is 1010. The second kappa shape index (κ2) is 5.78. The molecular weight excluding hydrogens is 292 g/mol. The molecule has 0 aliphatic heterocycles. The molecule has 0 aliphatic rings. The average Bonchev–Trinajstić information content (AvgIpc) is 2.55. The number of ketones is 1. The maximum absolute atomic E-state index is 11.9. The van der Waals surface area contributed by atoms with Gasteiger partial charge >= 0.3 is 0 Å². The van der Waals surface area contributed by atoms with E-state index in [0.717, 1.165) is 0 Å². The molecule has 3 rings (SSSR count). The molecule has 0 saturated heterocycles. The third-order valence-electron chi connectivity index (χ3n) is 3.32. The summed E-state index contributed by atoms with van der Waals surface area (Å²) in [5, 5.41) is 9.99. The van der Waals surface area contributed by atoms with Crippen LogP contribution in [0, 0.1) is 6.57 Å². The smallest absolute Gasteiger partial charge is 0.230 e. The summed E-state index contributed by atoms with van der Waals surface area (Å²) in [5.74, 6) is -0.0424. The number of benzene rings is 2. The number of carbonyl (C=O) groups excluding carboxylic acids is 1. The summed E-state index contributed by atoms with van der Waals surface area (Å²) in [6, 6.07) is 12.9. The summed E-state index contributed by atoms with van der Waals surface area (Å²) < 4.78 is 5.74. The van der Waals surface area contributed by atoms with E-state index in [0.29, 0.717) is 27.9 Å². The summed E-state index contributed by atoms with van der Waals surface area (Å²) in [7, 11) is 0. The monoisotopic (exact) mass is 304 g/mol. The van der Waals surface area contributed by atoms with Gasteiger partial charge in [-0.25, -0.2) is 9.84 Å². The highest BCUT2D eigenvalue weighted by Crippen LogP contribution is 2.22. The van der Waals surface area contributed by atoms with Gasteiger partial charge in [0.05, 0.1) is 17.8 Å². The first-order valence-corrected chi connectivity index (χ1v) is 6.87. The minimum Gasteiger partial charge on any atom is -0.508 e. The number of aromatic hydroxyl groups is 1. The van der Waals surface area contributed by atoms with Crippen molar-refractivity contribution < 1.29 is 14.3 Å². The molecule has 0 atom stereocenters. The zero-order valence-electron chi connectivity index (χ0n) is 12.3. The molecule has 1 heterocycles. The van der Waals surface area contributed by atoms with Gasteiger partial charge in [0, 0.05) is 5.39 Å². The number of phenolic OH excluding ortho intramolecular Hbond substituents is 1. The van der Waals surface area contributed by atoms with Gasteiger partial charge in [-0.3, -0.25) is 4.79 Å². The quantitative estimate of drug-likeness (QED) is 0.572. The van der Waals surface area contributed by atoms with Crippen molar-refractivity contribution in [2.75, 3.05) is 0 Å². The number of carbonyl (C=O) groups is 1. The molecule has 112 valence electrons. The van der Waals surface area contributed by atoms with Crippen LogP contribution in [0.25, 0.3) is 15.8 Å². The zero-order valence-corrected chi connectivity index (χ0v) is 12.3. The van der Waals surface area contributed by atoms with Crippen molar-refractivity contribution in [3.8, 4) is 5.75 Å². The van der Waals surface area contributed by atoms with Crippen LogP contribution in [0.1, 0.15) is 17.3 Å². The third kappa shape index (κ3) is 2.97. The van der Waals surface area contributed by atoms with E-state index in [1.54, 1.807) is 36.4 Å². The maximum Gasteiger partial charge on any atom is 0.230 e. The first-order valence-electron chi connectivity index (χ1n) is 6.87. The Labute approximate surface area is 132 Å². The van der Waals surface area contributed by atoms with Crippen molar-refractivity contribution in [2.45, 2.75) is 6.92 Å². The van der Waals surface area contributed by atoms with E-state index in [2.05, 4.69) is 9.84 Å². The van der Waals surface area contributed by atoms with Crippen molar-refractivity contribution in [3.63, 3.8) is 0 Å². The normalized spacial score (nSPS) is 11.4. The van der Waals surface area contributed by atoms with Gasteiger partial charge in [-0.15, -0.1) is 0 Å². The average molecular weight is 304 g/mol. The molecule has 3 aromatic rings. The van der Waals surface area contributed by atoms with Crippen LogP contribution in [0.15, 0.2) is 57.9 Å². The van der Waals surface area contributed by atoms with Gasteiger partial charge in [0.15, 0.2) is 11.5 Å². The molecule has 0 aliphatic carbocycles. The standard InChI is InChI=1S/C18H12N2O3/c1-11(21)16-10-12-9-14(19-2)5-8-17(12)23-18(16)20-13-3-6-15(22)7-4-13/h3-10,22H,1H3. The second-order valence-electron chi connectivity index (χ2n) is 4.98. The lowest BCUT2D eigenvalue weighted by atomic mass is 10.1. The van der Waals surface area contributed by atoms with E-state index in [1.165, 1.54) is 19.1 Å². The molecular formula is C18H12N2O3. The number of nitrogens with zero attached hydrogens (tertiary/aromatic N) is 2. The van der Waals surface area contributed by atoms with E-state index in [4.69, 9.17) is 11.0 Å². The highest BCUT2D eigenvalue weighted by molar-refractivity contribution is 5.96. The summed E-state index contributed by atoms with van der Waals surface area (Å²) in [5.41, 5.74) is 2.12. The molecule has 0 saturated carbocycles. The lowest BCUT2D eigenvalue weighted by molar-refractivity contribution is 0.101. The number of phenols is 1. The number of rotatable bonds is 2. The second-order valence-corrected chi connectivity index (χ2v) is 4.98. The summed E-state index contributed by atoms with van der Waals surface area (Å²) >= 11 is 0. The lowest BCUT2D eigenvalue weighted by Gasteiger charge is -2.03. The molecule has 0 bridgehead atoms. The van der Waals surface area contributed by atoms with E-state index >= 15 is 0 Å². The SMILES string of the molecule is [C-]#[N+]c1ccc2oc(=Nc3ccc(O)cc3)c(C(C)=O)cc2c1. The van der Waals surface area contributed by atoms with Crippen LogP contribution < -0.4 is 5.55 Å². The minimum absolute atomic E-state index is 0.137. The van der Waals surface area contributed by atoms with Crippen molar-refractivity contribution in [2.24, 2.45) is 4.99 Å². The topological polar surface area (TPSA) is 67.2 Å². The molecule has 0 spiro atoms. The molecule has 0 fully saturated rings. The van der Waals surface area contributed by atoms with Gasteiger partial charge in [-0.05, 0) is 49.4 Å². The van der Waals surface area contributed by atoms with Crippen LogP contribution in [0.4, 0.5) is 11.4 Å². The van der Waals surface area contributed by atoms with Crippen LogP contribution >= 0.6 is 0 Å². The molecule has 1 aromatic heterocycles. The molecule has 5 heteroatoms. The fraction of sp³-hybridized carbons (Fsp3) is 0.0556. The first kappa shape index (κ1) is 14.5. The van der Waals surface area contributed by atoms with Gasteiger partial charge in [0.1, 0.15) is 11.3 Å². The van der Waals surface area contributed by atoms with Crippen LogP contribution in [0.3, 0.4) is 0 Å². The van der Waals surface area contributed by atoms with E-state index in [-0.39, 0.29) is 17.1 Å². The van der Waals surface area contributed by atoms with Crippen molar-refractivity contribution in [3.05, 3.63) is 71.1 Å². The van der Waals surface area contributed by atoms with Gasteiger partial charge in [-0.1, -0.05) is 6.07 Å². The number of Topliss-reactive ketones (excluding diaryl/α,β-unsaturated/α-hetero) is 1. The van der Waals surface area contributed by atoms with Gasteiger partial charge in [-0.2, -0.15) is 0 Å². The zero-order chi connectivity index (χ0) is 16.4. The Morgan fingerprint density at radius 3 is 2.57 bits per heavy atom. The number of hydrogen-bond acceptors (Lipinski definition) is 4. The molecule has 0 radical (unpaired) electrons. The number of hydrogen-bond donors (Lipinski definition) is 1. The molecule has 5 nitrogen and oxygen atoms in total. The van der Waals surface area contributed by atoms with Crippen LogP contribution in [0.2, 0.25) is 0 Å². The first-order chi connectivity index (χ1) is 11.1. The molecule has 1 N–H and O–H groups in total. The van der Waals surface area contributed by atoms with Gasteiger partial charge in [0.2, 0.25) is 5.55 Å².